The molecule has 78 valence electrons. The van der Waals surface area contributed by atoms with Gasteiger partial charge in [-0.05, 0) is 19.4 Å². The second-order valence-corrected chi connectivity index (χ2v) is 8.91. The van der Waals surface area contributed by atoms with Crippen LogP contribution in [0.5, 0.6) is 0 Å². The number of hydrogen-bond donors (Lipinski definition) is 0. The normalized spacial score (nSPS) is 11.9. The summed E-state index contributed by atoms with van der Waals surface area (Å²) < 4.78 is 51.4. The van der Waals surface area contributed by atoms with Crippen LogP contribution in [0.15, 0.2) is 0 Å². The van der Waals surface area contributed by atoms with Gasteiger partial charge >= 0.3 is 0 Å². The van der Waals surface area contributed by atoms with Gasteiger partial charge in [0.1, 0.15) is 0 Å². The van der Waals surface area contributed by atoms with Gasteiger partial charge in [-0.3, -0.25) is 0 Å². The van der Waals surface area contributed by atoms with Gasteiger partial charge in [0.25, 0.3) is 11.9 Å². The molecule has 14 heavy (non-hydrogen) atoms. The van der Waals surface area contributed by atoms with Crippen molar-refractivity contribution in [1.29, 1.82) is 0 Å². The number of nitrogens with zero attached hydrogens (tertiary/aromatic N) is 1. The summed E-state index contributed by atoms with van der Waals surface area (Å²) in [5.74, 6) is -6.29. The van der Waals surface area contributed by atoms with Crippen LogP contribution in [-0.2, 0) is 11.8 Å². The Kier molecular flexibility index (Phi) is 2.97. The first-order chi connectivity index (χ1) is 6.25. The summed E-state index contributed by atoms with van der Waals surface area (Å²) in [6.45, 7) is 2.76. The van der Waals surface area contributed by atoms with E-state index < -0.39 is 34.9 Å². The van der Waals surface area contributed by atoms with Gasteiger partial charge in [0, 0.05) is 0 Å². The number of pyridine rings is 1. The Balaban J connectivity index is 3.65. The van der Waals surface area contributed by atoms with Gasteiger partial charge in [-0.15, -0.1) is 0 Å². The van der Waals surface area contributed by atoms with Crippen LogP contribution >= 0.6 is 6.04 Å². The molecule has 0 saturated carbocycles. The van der Waals surface area contributed by atoms with Crippen molar-refractivity contribution in [3.05, 3.63) is 23.5 Å². The molecule has 1 rings (SSSR count). The van der Waals surface area contributed by atoms with Gasteiger partial charge in [0.05, 0.1) is 5.30 Å². The maximum Gasteiger partial charge on any atom is 0.252 e. The lowest BCUT2D eigenvalue weighted by molar-refractivity contribution is 0.415. The van der Waals surface area contributed by atoms with E-state index in [1.165, 1.54) is 13.3 Å². The Hall–Kier alpha value is -0.480. The third-order valence-corrected chi connectivity index (χ3v) is 3.53. The molecule has 0 aromatic carbocycles. The highest BCUT2D eigenvalue weighted by molar-refractivity contribution is 8.17. The van der Waals surface area contributed by atoms with Crippen LogP contribution in [0.25, 0.3) is 0 Å². The lowest BCUT2D eigenvalue weighted by Crippen LogP contribution is -2.19. The fraction of sp³-hybridized carbons (Fsp3) is 0.286. The fourth-order valence-corrected chi connectivity index (χ4v) is 2.56. The van der Waals surface area contributed by atoms with E-state index >= 15 is 0 Å². The molecule has 0 amide bonds. The van der Waals surface area contributed by atoms with E-state index in [0.29, 0.717) is 0 Å². The monoisotopic (exact) mass is 243 g/mol. The van der Waals surface area contributed by atoms with Gasteiger partial charge in [0.2, 0.25) is 0 Å². The van der Waals surface area contributed by atoms with Gasteiger partial charge in [-0.2, -0.15) is 13.8 Å². The Morgan fingerprint density at radius 3 is 1.64 bits per heavy atom. The van der Waals surface area contributed by atoms with Crippen LogP contribution in [0.1, 0.15) is 0 Å². The van der Waals surface area contributed by atoms with Gasteiger partial charge in [0.15, 0.2) is 11.6 Å². The maximum absolute atomic E-state index is 13.1. The van der Waals surface area contributed by atoms with Crippen LogP contribution in [0, 0.1) is 23.5 Å². The Bertz CT molecular complexity index is 402. The third kappa shape index (κ3) is 1.96. The standard InChI is InChI=1S/C7H6F4NPS/c1-13(2,14)5-3(8)6(10)12-7(11)4(5)9/h1-2H3. The molecule has 0 aliphatic carbocycles. The third-order valence-electron chi connectivity index (χ3n) is 1.51. The van der Waals surface area contributed by atoms with Crippen LogP contribution < -0.4 is 5.30 Å². The Morgan fingerprint density at radius 1 is 1.00 bits per heavy atom. The predicted octanol–water partition coefficient (Wildman–Crippen LogP) is 2.00. The van der Waals surface area contributed by atoms with Crippen molar-refractivity contribution in [3.8, 4) is 0 Å². The van der Waals surface area contributed by atoms with E-state index in [0.717, 1.165) is 0 Å². The van der Waals surface area contributed by atoms with Crippen molar-refractivity contribution in [3.63, 3.8) is 0 Å². The summed E-state index contributed by atoms with van der Waals surface area (Å²) in [5, 5.41) is -0.697. The smallest absolute Gasteiger partial charge is 0.201 e. The highest BCUT2D eigenvalue weighted by Crippen LogP contribution is 2.37. The number of aromatic nitrogens is 1. The van der Waals surface area contributed by atoms with Crippen LogP contribution in [0.2, 0.25) is 0 Å². The zero-order valence-electron chi connectivity index (χ0n) is 7.31. The van der Waals surface area contributed by atoms with E-state index in [1.807, 2.05) is 0 Å². The molecule has 0 radical (unpaired) electrons. The molecule has 0 bridgehead atoms. The minimum atomic E-state index is -2.58. The summed E-state index contributed by atoms with van der Waals surface area (Å²) in [6, 6.07) is -2.58. The first-order valence-corrected chi connectivity index (χ1v) is 7.20. The SMILES string of the molecule is CP(C)(=S)c1c(F)c(F)nc(F)c1F. The van der Waals surface area contributed by atoms with Gasteiger partial charge in [-0.1, -0.05) is 11.8 Å². The van der Waals surface area contributed by atoms with Crippen molar-refractivity contribution < 1.29 is 17.6 Å². The molecule has 1 aromatic heterocycles. The molecular weight excluding hydrogens is 237 g/mol. The molecule has 0 fully saturated rings. The maximum atomic E-state index is 13.1. The molecule has 0 saturated heterocycles. The molecule has 7 heteroatoms. The van der Waals surface area contributed by atoms with E-state index in [4.69, 9.17) is 11.8 Å². The van der Waals surface area contributed by atoms with E-state index in [2.05, 4.69) is 4.98 Å². The molecule has 0 aliphatic rings. The topological polar surface area (TPSA) is 12.9 Å². The lowest BCUT2D eigenvalue weighted by Gasteiger charge is -2.12. The summed E-state index contributed by atoms with van der Waals surface area (Å²) in [4.78, 5) is 2.43. The highest BCUT2D eigenvalue weighted by atomic mass is 32.4. The second kappa shape index (κ2) is 3.59. The van der Waals surface area contributed by atoms with Crippen molar-refractivity contribution in [1.82, 2.24) is 4.98 Å². The van der Waals surface area contributed by atoms with Crippen LogP contribution in [0.3, 0.4) is 0 Å². The first kappa shape index (κ1) is 11.6. The largest absolute Gasteiger partial charge is 0.252 e. The summed E-state index contributed by atoms with van der Waals surface area (Å²) >= 11 is 4.82. The minimum absolute atomic E-state index is 0.697. The average Bonchev–Trinajstić information content (AvgIpc) is 1.98. The number of rotatable bonds is 1. The van der Waals surface area contributed by atoms with Crippen molar-refractivity contribution in [2.45, 2.75) is 0 Å². The number of hydrogen-bond acceptors (Lipinski definition) is 2. The predicted molar refractivity (Wildman–Crippen MR) is 49.8 cm³/mol. The van der Waals surface area contributed by atoms with E-state index in [9.17, 15) is 17.6 Å². The molecule has 0 unspecified atom stereocenters. The fourth-order valence-electron chi connectivity index (χ4n) is 0.949. The summed E-state index contributed by atoms with van der Waals surface area (Å²) in [5.41, 5.74) is 0. The first-order valence-electron chi connectivity index (χ1n) is 3.50. The second-order valence-electron chi connectivity index (χ2n) is 3.02. The zero-order chi connectivity index (χ0) is 11.1. The van der Waals surface area contributed by atoms with Crippen LogP contribution in [0.4, 0.5) is 17.6 Å². The van der Waals surface area contributed by atoms with Crippen molar-refractivity contribution in [2.75, 3.05) is 13.3 Å². The summed E-state index contributed by atoms with van der Waals surface area (Å²) in [7, 11) is 0. The van der Waals surface area contributed by atoms with Gasteiger partial charge < -0.3 is 0 Å². The molecule has 0 aliphatic heterocycles. The molecule has 1 aromatic rings. The Morgan fingerprint density at radius 2 is 1.36 bits per heavy atom. The van der Waals surface area contributed by atoms with Gasteiger partial charge in [-0.25, -0.2) is 8.78 Å². The lowest BCUT2D eigenvalue weighted by atomic mass is 10.4. The minimum Gasteiger partial charge on any atom is -0.201 e. The summed E-state index contributed by atoms with van der Waals surface area (Å²) in [6.07, 6.45) is 0. The van der Waals surface area contributed by atoms with E-state index in [1.54, 1.807) is 0 Å². The zero-order valence-corrected chi connectivity index (χ0v) is 9.03. The molecule has 0 N–H and O–H groups in total. The molecule has 0 atom stereocenters. The average molecular weight is 243 g/mol. The molecule has 1 heterocycles. The van der Waals surface area contributed by atoms with Crippen LogP contribution in [-0.4, -0.2) is 18.3 Å². The number of halogens is 4. The highest BCUT2D eigenvalue weighted by Gasteiger charge is 2.25. The molecular formula is C7H6F4NPS. The molecule has 0 spiro atoms. The van der Waals surface area contributed by atoms with Crippen molar-refractivity contribution >= 4 is 23.1 Å². The van der Waals surface area contributed by atoms with E-state index in [-0.39, 0.29) is 0 Å². The van der Waals surface area contributed by atoms with Crippen molar-refractivity contribution in [2.24, 2.45) is 0 Å². The Labute approximate surface area is 83.2 Å². The quantitative estimate of drug-likeness (QED) is 0.425. The molecule has 1 nitrogen and oxygen atoms in total.